The quantitative estimate of drug-likeness (QED) is 0.764. The molecule has 0 saturated heterocycles. The third-order valence-electron chi connectivity index (χ3n) is 3.48. The van der Waals surface area contributed by atoms with E-state index >= 15 is 0 Å². The van der Waals surface area contributed by atoms with Crippen LogP contribution in [-0.4, -0.2) is 9.67 Å². The largest absolute Gasteiger partial charge is 0.508 e. The summed E-state index contributed by atoms with van der Waals surface area (Å²) >= 11 is 6.10. The molecule has 108 valence electrons. The van der Waals surface area contributed by atoms with Crippen molar-refractivity contribution in [2.45, 2.75) is 20.1 Å². The van der Waals surface area contributed by atoms with Crippen molar-refractivity contribution in [3.8, 4) is 11.5 Å². The number of halogens is 1. The van der Waals surface area contributed by atoms with Crippen molar-refractivity contribution in [2.75, 3.05) is 0 Å². The topological polar surface area (TPSA) is 34.4 Å². The molecule has 3 aromatic rings. The number of aryl methyl sites for hydroxylation is 1. The third-order valence-corrected chi connectivity index (χ3v) is 3.71. The van der Waals surface area contributed by atoms with E-state index in [1.807, 2.05) is 24.3 Å². The minimum absolute atomic E-state index is 0.200. The zero-order valence-electron chi connectivity index (χ0n) is 11.7. The van der Waals surface area contributed by atoms with E-state index in [0.29, 0.717) is 12.4 Å². The van der Waals surface area contributed by atoms with Gasteiger partial charge in [-0.2, -0.15) is 0 Å². The molecule has 21 heavy (non-hydrogen) atoms. The van der Waals surface area contributed by atoms with Crippen LogP contribution in [0.3, 0.4) is 0 Å². The Morgan fingerprint density at radius 3 is 2.81 bits per heavy atom. The van der Waals surface area contributed by atoms with Crippen molar-refractivity contribution in [1.82, 2.24) is 4.57 Å². The highest BCUT2D eigenvalue weighted by Crippen LogP contribution is 2.27. The van der Waals surface area contributed by atoms with Gasteiger partial charge in [-0.3, -0.25) is 0 Å². The molecule has 0 bridgehead atoms. The first kappa shape index (κ1) is 13.8. The van der Waals surface area contributed by atoms with Crippen LogP contribution in [0.4, 0.5) is 0 Å². The summed E-state index contributed by atoms with van der Waals surface area (Å²) in [6.45, 7) is 3.44. The van der Waals surface area contributed by atoms with E-state index in [0.717, 1.165) is 28.0 Å². The summed E-state index contributed by atoms with van der Waals surface area (Å²) in [4.78, 5) is 0. The Balaban J connectivity index is 1.91. The first-order chi connectivity index (χ1) is 10.2. The Morgan fingerprint density at radius 2 is 2.05 bits per heavy atom. The van der Waals surface area contributed by atoms with E-state index in [9.17, 15) is 5.11 Å². The molecule has 0 aliphatic rings. The number of aromatic hydroxyl groups is 1. The Bertz CT molecular complexity index is 780. The second kappa shape index (κ2) is 5.70. The molecule has 0 amide bonds. The third kappa shape index (κ3) is 2.83. The Morgan fingerprint density at radius 1 is 1.19 bits per heavy atom. The number of aromatic nitrogens is 1. The van der Waals surface area contributed by atoms with Crippen LogP contribution in [-0.2, 0) is 13.2 Å². The minimum Gasteiger partial charge on any atom is -0.508 e. The maximum atomic E-state index is 9.46. The average Bonchev–Trinajstić information content (AvgIpc) is 2.82. The van der Waals surface area contributed by atoms with Crippen molar-refractivity contribution in [3.63, 3.8) is 0 Å². The van der Waals surface area contributed by atoms with Crippen molar-refractivity contribution in [3.05, 3.63) is 59.2 Å². The fourth-order valence-corrected chi connectivity index (χ4v) is 2.63. The zero-order chi connectivity index (χ0) is 14.8. The SMILES string of the molecule is CCn1cc(COc2cccc(O)c2)c2cc(Cl)ccc21. The number of fused-ring (bicyclic) bond motifs is 1. The summed E-state index contributed by atoms with van der Waals surface area (Å²) < 4.78 is 7.94. The van der Waals surface area contributed by atoms with Gasteiger partial charge in [-0.15, -0.1) is 0 Å². The number of nitrogens with zero attached hydrogens (tertiary/aromatic N) is 1. The number of ether oxygens (including phenoxy) is 1. The lowest BCUT2D eigenvalue weighted by atomic mass is 10.2. The minimum atomic E-state index is 0.200. The molecule has 3 rings (SSSR count). The number of phenols is 1. The maximum Gasteiger partial charge on any atom is 0.123 e. The van der Waals surface area contributed by atoms with Gasteiger partial charge in [0.25, 0.3) is 0 Å². The monoisotopic (exact) mass is 301 g/mol. The summed E-state index contributed by atoms with van der Waals surface area (Å²) in [7, 11) is 0. The van der Waals surface area contributed by atoms with Crippen LogP contribution >= 0.6 is 11.6 Å². The molecule has 0 aliphatic heterocycles. The fraction of sp³-hybridized carbons (Fsp3) is 0.176. The number of benzene rings is 2. The second-order valence-corrected chi connectivity index (χ2v) is 5.32. The van der Waals surface area contributed by atoms with Gasteiger partial charge in [0.1, 0.15) is 18.1 Å². The van der Waals surface area contributed by atoms with E-state index in [1.54, 1.807) is 18.2 Å². The van der Waals surface area contributed by atoms with E-state index in [4.69, 9.17) is 16.3 Å². The maximum absolute atomic E-state index is 9.46. The van der Waals surface area contributed by atoms with Gasteiger partial charge in [0.05, 0.1) is 0 Å². The van der Waals surface area contributed by atoms with Crippen LogP contribution < -0.4 is 4.74 Å². The highest BCUT2D eigenvalue weighted by molar-refractivity contribution is 6.31. The van der Waals surface area contributed by atoms with E-state index < -0.39 is 0 Å². The molecule has 1 N–H and O–H groups in total. The standard InChI is InChI=1S/C17H16ClNO2/c1-2-19-10-12(16-8-13(18)6-7-17(16)19)11-21-15-5-3-4-14(20)9-15/h3-10,20H,2,11H2,1H3. The molecule has 1 heterocycles. The predicted molar refractivity (Wildman–Crippen MR) is 85.1 cm³/mol. The molecule has 0 radical (unpaired) electrons. The van der Waals surface area contributed by atoms with Gasteiger partial charge in [-0.05, 0) is 37.3 Å². The van der Waals surface area contributed by atoms with Gasteiger partial charge < -0.3 is 14.4 Å². The second-order valence-electron chi connectivity index (χ2n) is 4.89. The Hall–Kier alpha value is -2.13. The number of hydrogen-bond acceptors (Lipinski definition) is 2. The van der Waals surface area contributed by atoms with Gasteiger partial charge in [-0.1, -0.05) is 17.7 Å². The summed E-state index contributed by atoms with van der Waals surface area (Å²) in [5.74, 6) is 0.848. The summed E-state index contributed by atoms with van der Waals surface area (Å²) in [5, 5.41) is 11.3. The van der Waals surface area contributed by atoms with E-state index in [2.05, 4.69) is 17.7 Å². The molecule has 0 aliphatic carbocycles. The molecule has 0 fully saturated rings. The summed E-state index contributed by atoms with van der Waals surface area (Å²) in [5.41, 5.74) is 2.23. The zero-order valence-corrected chi connectivity index (χ0v) is 12.5. The van der Waals surface area contributed by atoms with Gasteiger partial charge in [0, 0.05) is 40.3 Å². The number of phenolic OH excluding ortho intramolecular Hbond substituents is 1. The van der Waals surface area contributed by atoms with Gasteiger partial charge >= 0.3 is 0 Å². The van der Waals surface area contributed by atoms with Crippen LogP contribution in [0.15, 0.2) is 48.7 Å². The first-order valence-electron chi connectivity index (χ1n) is 6.86. The fourth-order valence-electron chi connectivity index (χ4n) is 2.45. The average molecular weight is 302 g/mol. The first-order valence-corrected chi connectivity index (χ1v) is 7.24. The molecule has 4 heteroatoms. The van der Waals surface area contributed by atoms with E-state index in [-0.39, 0.29) is 5.75 Å². The van der Waals surface area contributed by atoms with Crippen LogP contribution in [0.5, 0.6) is 11.5 Å². The molecule has 2 aromatic carbocycles. The number of rotatable bonds is 4. The molecule has 0 saturated carbocycles. The molecular formula is C17H16ClNO2. The van der Waals surface area contributed by atoms with Crippen LogP contribution in [0, 0.1) is 0 Å². The lowest BCUT2D eigenvalue weighted by molar-refractivity contribution is 0.305. The van der Waals surface area contributed by atoms with E-state index in [1.165, 1.54) is 0 Å². The predicted octanol–water partition coefficient (Wildman–Crippen LogP) is 4.60. The number of hydrogen-bond donors (Lipinski definition) is 1. The van der Waals surface area contributed by atoms with Gasteiger partial charge in [0.15, 0.2) is 0 Å². The molecule has 3 nitrogen and oxygen atoms in total. The molecule has 0 spiro atoms. The van der Waals surface area contributed by atoms with Crippen LogP contribution in [0.25, 0.3) is 10.9 Å². The van der Waals surface area contributed by atoms with Crippen molar-refractivity contribution >= 4 is 22.5 Å². The normalized spacial score (nSPS) is 11.0. The van der Waals surface area contributed by atoms with Crippen molar-refractivity contribution in [1.29, 1.82) is 0 Å². The van der Waals surface area contributed by atoms with Crippen molar-refractivity contribution < 1.29 is 9.84 Å². The van der Waals surface area contributed by atoms with Crippen molar-refractivity contribution in [2.24, 2.45) is 0 Å². The van der Waals surface area contributed by atoms with Crippen LogP contribution in [0.2, 0.25) is 5.02 Å². The lowest BCUT2D eigenvalue weighted by Gasteiger charge is -2.05. The highest BCUT2D eigenvalue weighted by Gasteiger charge is 2.09. The molecule has 0 atom stereocenters. The van der Waals surface area contributed by atoms with Crippen LogP contribution in [0.1, 0.15) is 12.5 Å². The molecule has 1 aromatic heterocycles. The lowest BCUT2D eigenvalue weighted by Crippen LogP contribution is -1.95. The summed E-state index contributed by atoms with van der Waals surface area (Å²) in [6, 6.07) is 12.7. The van der Waals surface area contributed by atoms with Gasteiger partial charge in [0.2, 0.25) is 0 Å². The van der Waals surface area contributed by atoms with Gasteiger partial charge in [-0.25, -0.2) is 0 Å². The summed E-state index contributed by atoms with van der Waals surface area (Å²) in [6.07, 6.45) is 2.09. The molecular weight excluding hydrogens is 286 g/mol. The highest BCUT2D eigenvalue weighted by atomic mass is 35.5. The smallest absolute Gasteiger partial charge is 0.123 e. The molecule has 0 unspecified atom stereocenters. The Labute approximate surface area is 128 Å². The Kier molecular flexibility index (Phi) is 3.76.